The van der Waals surface area contributed by atoms with Crippen molar-refractivity contribution in [1.82, 2.24) is 10.3 Å². The van der Waals surface area contributed by atoms with Crippen LogP contribution < -0.4 is 5.32 Å². The number of aryl methyl sites for hydroxylation is 1. The molecule has 0 spiro atoms. The summed E-state index contributed by atoms with van der Waals surface area (Å²) < 4.78 is 0. The Bertz CT molecular complexity index is 473. The molecule has 18 heavy (non-hydrogen) atoms. The van der Waals surface area contributed by atoms with E-state index in [4.69, 9.17) is 0 Å². The van der Waals surface area contributed by atoms with Gasteiger partial charge in [-0.1, -0.05) is 36.8 Å². The van der Waals surface area contributed by atoms with Crippen LogP contribution in [0.3, 0.4) is 0 Å². The van der Waals surface area contributed by atoms with Crippen LogP contribution in [0.5, 0.6) is 0 Å². The van der Waals surface area contributed by atoms with Gasteiger partial charge < -0.3 is 5.32 Å². The number of nitrogens with one attached hydrogen (secondary N) is 1. The molecule has 1 aromatic carbocycles. The van der Waals surface area contributed by atoms with Crippen molar-refractivity contribution in [2.75, 3.05) is 6.54 Å². The summed E-state index contributed by atoms with van der Waals surface area (Å²) in [7, 11) is 0. The van der Waals surface area contributed by atoms with Crippen LogP contribution in [0.1, 0.15) is 35.2 Å². The number of hydrogen-bond donors (Lipinski definition) is 1. The topological polar surface area (TPSA) is 24.9 Å². The maximum atomic E-state index is 4.66. The largest absolute Gasteiger partial charge is 0.311 e. The Morgan fingerprint density at radius 1 is 1.22 bits per heavy atom. The molecular formula is C15H20N2S. The third kappa shape index (κ3) is 3.93. The first-order valence-electron chi connectivity index (χ1n) is 6.47. The minimum atomic E-state index is 0.887. The van der Waals surface area contributed by atoms with E-state index >= 15 is 0 Å². The average Bonchev–Trinajstić information content (AvgIpc) is 2.80. The van der Waals surface area contributed by atoms with Gasteiger partial charge in [-0.2, -0.15) is 0 Å². The minimum absolute atomic E-state index is 0.887. The van der Waals surface area contributed by atoms with E-state index in [2.05, 4.69) is 53.8 Å². The SMILES string of the molecule is CCCNCc1csc(Cc2ccc(C)cc2)n1. The fourth-order valence-electron chi connectivity index (χ4n) is 1.79. The van der Waals surface area contributed by atoms with Crippen molar-refractivity contribution in [1.29, 1.82) is 0 Å². The summed E-state index contributed by atoms with van der Waals surface area (Å²) in [6, 6.07) is 8.69. The lowest BCUT2D eigenvalue weighted by molar-refractivity contribution is 0.665. The van der Waals surface area contributed by atoms with Crippen LogP contribution in [0.15, 0.2) is 29.6 Å². The van der Waals surface area contributed by atoms with Crippen LogP contribution in [0.25, 0.3) is 0 Å². The van der Waals surface area contributed by atoms with Gasteiger partial charge in [-0.15, -0.1) is 11.3 Å². The van der Waals surface area contributed by atoms with Crippen molar-refractivity contribution >= 4 is 11.3 Å². The van der Waals surface area contributed by atoms with Gasteiger partial charge in [0.15, 0.2) is 0 Å². The van der Waals surface area contributed by atoms with E-state index in [9.17, 15) is 0 Å². The summed E-state index contributed by atoms with van der Waals surface area (Å²) in [4.78, 5) is 4.66. The molecule has 0 aliphatic rings. The highest BCUT2D eigenvalue weighted by atomic mass is 32.1. The molecule has 1 N–H and O–H groups in total. The monoisotopic (exact) mass is 260 g/mol. The van der Waals surface area contributed by atoms with E-state index < -0.39 is 0 Å². The number of hydrogen-bond acceptors (Lipinski definition) is 3. The normalized spacial score (nSPS) is 10.8. The van der Waals surface area contributed by atoms with Gasteiger partial charge >= 0.3 is 0 Å². The second-order valence-corrected chi connectivity index (χ2v) is 5.51. The molecule has 0 aliphatic carbocycles. The highest BCUT2D eigenvalue weighted by Crippen LogP contribution is 2.15. The zero-order valence-electron chi connectivity index (χ0n) is 11.1. The van der Waals surface area contributed by atoms with Gasteiger partial charge in [0.2, 0.25) is 0 Å². The Balaban J connectivity index is 1.91. The highest BCUT2D eigenvalue weighted by molar-refractivity contribution is 7.09. The van der Waals surface area contributed by atoms with Crippen LogP contribution >= 0.6 is 11.3 Å². The molecule has 96 valence electrons. The lowest BCUT2D eigenvalue weighted by Gasteiger charge is -2.00. The van der Waals surface area contributed by atoms with Crippen LogP contribution in [-0.4, -0.2) is 11.5 Å². The lowest BCUT2D eigenvalue weighted by atomic mass is 10.1. The van der Waals surface area contributed by atoms with Crippen molar-refractivity contribution in [2.45, 2.75) is 33.2 Å². The highest BCUT2D eigenvalue weighted by Gasteiger charge is 2.03. The Morgan fingerprint density at radius 2 is 2.00 bits per heavy atom. The van der Waals surface area contributed by atoms with Gasteiger partial charge in [0, 0.05) is 18.3 Å². The maximum Gasteiger partial charge on any atom is 0.0972 e. The van der Waals surface area contributed by atoms with Crippen LogP contribution in [0.2, 0.25) is 0 Å². The number of nitrogens with zero attached hydrogens (tertiary/aromatic N) is 1. The molecule has 0 bridgehead atoms. The molecule has 0 aliphatic heterocycles. The first kappa shape index (κ1) is 13.2. The summed E-state index contributed by atoms with van der Waals surface area (Å²) in [5.41, 5.74) is 3.81. The number of thiazole rings is 1. The Labute approximate surface area is 113 Å². The van der Waals surface area contributed by atoms with E-state index in [1.165, 1.54) is 22.6 Å². The molecule has 3 heteroatoms. The molecule has 2 rings (SSSR count). The molecule has 0 radical (unpaired) electrons. The Morgan fingerprint density at radius 3 is 2.72 bits per heavy atom. The molecule has 1 heterocycles. The summed E-state index contributed by atoms with van der Waals surface area (Å²) in [5, 5.41) is 6.74. The van der Waals surface area contributed by atoms with Crippen LogP contribution in [-0.2, 0) is 13.0 Å². The Hall–Kier alpha value is -1.19. The fourth-order valence-corrected chi connectivity index (χ4v) is 2.61. The van der Waals surface area contributed by atoms with Gasteiger partial charge in [0.25, 0.3) is 0 Å². The summed E-state index contributed by atoms with van der Waals surface area (Å²) in [5.74, 6) is 0. The van der Waals surface area contributed by atoms with Gasteiger partial charge in [0.05, 0.1) is 10.7 Å². The van der Waals surface area contributed by atoms with Gasteiger partial charge in [-0.3, -0.25) is 0 Å². The molecular weight excluding hydrogens is 240 g/mol. The standard InChI is InChI=1S/C15H20N2S/c1-3-8-16-10-14-11-18-15(17-14)9-13-6-4-12(2)5-7-13/h4-7,11,16H,3,8-10H2,1-2H3. The number of rotatable bonds is 6. The van der Waals surface area contributed by atoms with Gasteiger partial charge in [-0.25, -0.2) is 4.98 Å². The van der Waals surface area contributed by atoms with Crippen LogP contribution in [0.4, 0.5) is 0 Å². The predicted molar refractivity (Wildman–Crippen MR) is 78.1 cm³/mol. The quantitative estimate of drug-likeness (QED) is 0.804. The van der Waals surface area contributed by atoms with E-state index in [0.29, 0.717) is 0 Å². The first-order chi connectivity index (χ1) is 8.78. The number of benzene rings is 1. The molecule has 0 saturated carbocycles. The molecule has 0 atom stereocenters. The zero-order chi connectivity index (χ0) is 12.8. The molecule has 0 unspecified atom stereocenters. The second-order valence-electron chi connectivity index (χ2n) is 4.57. The fraction of sp³-hybridized carbons (Fsp3) is 0.400. The van der Waals surface area contributed by atoms with Crippen molar-refractivity contribution in [3.8, 4) is 0 Å². The van der Waals surface area contributed by atoms with Gasteiger partial charge in [0.1, 0.15) is 0 Å². The molecule has 2 nitrogen and oxygen atoms in total. The van der Waals surface area contributed by atoms with Crippen molar-refractivity contribution in [2.24, 2.45) is 0 Å². The van der Waals surface area contributed by atoms with Crippen molar-refractivity contribution in [3.05, 3.63) is 51.5 Å². The molecule has 0 saturated heterocycles. The minimum Gasteiger partial charge on any atom is -0.311 e. The van der Waals surface area contributed by atoms with E-state index in [1.807, 2.05) is 0 Å². The zero-order valence-corrected chi connectivity index (χ0v) is 11.9. The van der Waals surface area contributed by atoms with E-state index in [1.54, 1.807) is 11.3 Å². The third-order valence-electron chi connectivity index (χ3n) is 2.81. The van der Waals surface area contributed by atoms with Gasteiger partial charge in [-0.05, 0) is 25.5 Å². The van der Waals surface area contributed by atoms with E-state index in [-0.39, 0.29) is 0 Å². The third-order valence-corrected chi connectivity index (χ3v) is 3.71. The second kappa shape index (κ2) is 6.66. The smallest absolute Gasteiger partial charge is 0.0972 e. The first-order valence-corrected chi connectivity index (χ1v) is 7.35. The predicted octanol–water partition coefficient (Wildman–Crippen LogP) is 3.54. The van der Waals surface area contributed by atoms with E-state index in [0.717, 1.165) is 25.2 Å². The summed E-state index contributed by atoms with van der Waals surface area (Å²) >= 11 is 1.76. The number of aromatic nitrogens is 1. The average molecular weight is 260 g/mol. The Kier molecular flexibility index (Phi) is 4.90. The molecule has 2 aromatic rings. The van der Waals surface area contributed by atoms with Crippen LogP contribution in [0, 0.1) is 6.92 Å². The van der Waals surface area contributed by atoms with Crippen molar-refractivity contribution < 1.29 is 0 Å². The summed E-state index contributed by atoms with van der Waals surface area (Å²) in [6.07, 6.45) is 2.11. The lowest BCUT2D eigenvalue weighted by Crippen LogP contribution is -2.13. The molecule has 1 aromatic heterocycles. The summed E-state index contributed by atoms with van der Waals surface area (Å²) in [6.45, 7) is 6.24. The molecule has 0 amide bonds. The maximum absolute atomic E-state index is 4.66. The molecule has 0 fully saturated rings. The van der Waals surface area contributed by atoms with Crippen molar-refractivity contribution in [3.63, 3.8) is 0 Å².